The molecule has 2 aromatic carbocycles. The fourth-order valence-corrected chi connectivity index (χ4v) is 3.54. The van der Waals surface area contributed by atoms with Crippen LogP contribution in [0.4, 0.5) is 0 Å². The zero-order valence-corrected chi connectivity index (χ0v) is 14.5. The van der Waals surface area contributed by atoms with E-state index in [1.54, 1.807) is 7.11 Å². The van der Waals surface area contributed by atoms with Crippen LogP contribution in [0, 0.1) is 5.92 Å². The van der Waals surface area contributed by atoms with E-state index in [1.165, 1.54) is 5.56 Å². The van der Waals surface area contributed by atoms with Crippen LogP contribution in [0.2, 0.25) is 0 Å². The molecule has 1 aliphatic carbocycles. The second kappa shape index (κ2) is 7.56. The number of hydrogen-bond donors (Lipinski definition) is 0. The average molecular weight is 340 g/mol. The van der Waals surface area contributed by atoms with E-state index in [-0.39, 0.29) is 6.10 Å². The van der Waals surface area contributed by atoms with Crippen LogP contribution < -0.4 is 4.74 Å². The lowest BCUT2D eigenvalue weighted by atomic mass is 10.1. The Bertz CT molecular complexity index is 670. The predicted octanol–water partition coefficient (Wildman–Crippen LogP) is 3.58. The molecule has 2 aliphatic rings. The zero-order valence-electron chi connectivity index (χ0n) is 14.5. The molecule has 25 heavy (non-hydrogen) atoms. The predicted molar refractivity (Wildman–Crippen MR) is 94.4 cm³/mol. The van der Waals surface area contributed by atoms with Gasteiger partial charge in [-0.3, -0.25) is 0 Å². The van der Waals surface area contributed by atoms with Gasteiger partial charge in [0.25, 0.3) is 0 Å². The molecule has 4 heteroatoms. The molecular weight excluding hydrogens is 316 g/mol. The molecule has 0 spiro atoms. The van der Waals surface area contributed by atoms with E-state index in [0.717, 1.165) is 17.7 Å². The summed E-state index contributed by atoms with van der Waals surface area (Å²) in [4.78, 5) is 0. The molecule has 0 radical (unpaired) electrons. The van der Waals surface area contributed by atoms with Crippen molar-refractivity contribution in [2.75, 3.05) is 13.7 Å². The number of methoxy groups -OCH3 is 1. The first-order chi connectivity index (χ1) is 12.3. The smallest absolute Gasteiger partial charge is 0.118 e. The maximum Gasteiger partial charge on any atom is 0.118 e. The average Bonchev–Trinajstić information content (AvgIpc) is 3.35. The number of ether oxygens (including phenoxy) is 4. The molecular formula is C21H24O4. The van der Waals surface area contributed by atoms with Crippen molar-refractivity contribution in [1.82, 2.24) is 0 Å². The summed E-state index contributed by atoms with van der Waals surface area (Å²) in [6.07, 6.45) is 1.87. The highest BCUT2D eigenvalue weighted by Gasteiger charge is 2.56. The van der Waals surface area contributed by atoms with Gasteiger partial charge in [0.05, 0.1) is 45.2 Å². The molecule has 1 heterocycles. The summed E-state index contributed by atoms with van der Waals surface area (Å²) in [6, 6.07) is 18.3. The minimum absolute atomic E-state index is 0.210. The van der Waals surface area contributed by atoms with Crippen LogP contribution in [-0.2, 0) is 27.4 Å². The highest BCUT2D eigenvalue weighted by atomic mass is 16.6. The number of hydrogen-bond acceptors (Lipinski definition) is 4. The van der Waals surface area contributed by atoms with E-state index >= 15 is 0 Å². The molecule has 2 aromatic rings. The van der Waals surface area contributed by atoms with Gasteiger partial charge < -0.3 is 18.9 Å². The second-order valence-corrected chi connectivity index (χ2v) is 6.74. The van der Waals surface area contributed by atoms with Crippen molar-refractivity contribution < 1.29 is 18.9 Å². The summed E-state index contributed by atoms with van der Waals surface area (Å²) in [6.45, 7) is 1.94. The van der Waals surface area contributed by atoms with Gasteiger partial charge in [0.15, 0.2) is 0 Å². The van der Waals surface area contributed by atoms with Crippen molar-refractivity contribution in [2.24, 2.45) is 5.92 Å². The van der Waals surface area contributed by atoms with Crippen molar-refractivity contribution in [3.8, 4) is 5.75 Å². The lowest BCUT2D eigenvalue weighted by molar-refractivity contribution is -0.0450. The van der Waals surface area contributed by atoms with E-state index < -0.39 is 0 Å². The molecule has 4 rings (SSSR count). The SMILES string of the molecule is COc1ccc(CO[C@@H]2C[C@H]3O[C@H]3[C@H]2COCc2ccccc2)cc1. The van der Waals surface area contributed by atoms with Gasteiger partial charge in [0.2, 0.25) is 0 Å². The second-order valence-electron chi connectivity index (χ2n) is 6.74. The van der Waals surface area contributed by atoms with E-state index in [9.17, 15) is 0 Å². The van der Waals surface area contributed by atoms with Crippen molar-refractivity contribution in [2.45, 2.75) is 37.9 Å². The Morgan fingerprint density at radius 3 is 2.48 bits per heavy atom. The fourth-order valence-electron chi connectivity index (χ4n) is 3.54. The maximum absolute atomic E-state index is 6.18. The van der Waals surface area contributed by atoms with Crippen LogP contribution in [0.5, 0.6) is 5.75 Å². The quantitative estimate of drug-likeness (QED) is 0.689. The van der Waals surface area contributed by atoms with Crippen molar-refractivity contribution in [3.63, 3.8) is 0 Å². The number of benzene rings is 2. The first-order valence-electron chi connectivity index (χ1n) is 8.85. The van der Waals surface area contributed by atoms with Crippen LogP contribution in [0.15, 0.2) is 54.6 Å². The molecule has 0 aromatic heterocycles. The molecule has 2 fully saturated rings. The van der Waals surface area contributed by atoms with Gasteiger partial charge in [0.1, 0.15) is 5.75 Å². The van der Waals surface area contributed by atoms with Crippen LogP contribution in [-0.4, -0.2) is 32.0 Å². The summed E-state index contributed by atoms with van der Waals surface area (Å²) >= 11 is 0. The molecule has 0 N–H and O–H groups in total. The lowest BCUT2D eigenvalue weighted by Gasteiger charge is -2.22. The number of epoxide rings is 1. The van der Waals surface area contributed by atoms with Crippen molar-refractivity contribution in [1.29, 1.82) is 0 Å². The summed E-state index contributed by atoms with van der Waals surface area (Å²) in [7, 11) is 1.68. The van der Waals surface area contributed by atoms with Crippen LogP contribution in [0.25, 0.3) is 0 Å². The van der Waals surface area contributed by atoms with Gasteiger partial charge in [-0.25, -0.2) is 0 Å². The number of rotatable bonds is 8. The standard InChI is InChI=1S/C21H24O4/c1-22-17-9-7-16(8-10-17)13-24-19-11-20-21(25-20)18(19)14-23-12-15-5-3-2-4-6-15/h2-10,18-21H,11-14H2,1H3/t18-,19+,20+,21-/m0/s1. The van der Waals surface area contributed by atoms with E-state index in [1.807, 2.05) is 42.5 Å². The van der Waals surface area contributed by atoms with E-state index in [2.05, 4.69) is 12.1 Å². The summed E-state index contributed by atoms with van der Waals surface area (Å²) in [5, 5.41) is 0. The van der Waals surface area contributed by atoms with Crippen molar-refractivity contribution in [3.05, 3.63) is 65.7 Å². The van der Waals surface area contributed by atoms with Crippen LogP contribution in [0.1, 0.15) is 17.5 Å². The van der Waals surface area contributed by atoms with E-state index in [0.29, 0.717) is 37.9 Å². The molecule has 0 bridgehead atoms. The van der Waals surface area contributed by atoms with Gasteiger partial charge in [-0.1, -0.05) is 42.5 Å². The molecule has 0 unspecified atom stereocenters. The first-order valence-corrected chi connectivity index (χ1v) is 8.85. The maximum atomic E-state index is 6.18. The first kappa shape index (κ1) is 16.6. The molecule has 132 valence electrons. The Morgan fingerprint density at radius 1 is 0.960 bits per heavy atom. The minimum atomic E-state index is 0.210. The Labute approximate surface area is 148 Å². The highest BCUT2D eigenvalue weighted by Crippen LogP contribution is 2.45. The highest BCUT2D eigenvalue weighted by molar-refractivity contribution is 5.26. The van der Waals surface area contributed by atoms with Gasteiger partial charge in [-0.05, 0) is 23.3 Å². The Hall–Kier alpha value is -1.88. The zero-order chi connectivity index (χ0) is 17.1. The third-order valence-electron chi connectivity index (χ3n) is 5.03. The lowest BCUT2D eigenvalue weighted by Crippen LogP contribution is -2.28. The minimum Gasteiger partial charge on any atom is -0.497 e. The third kappa shape index (κ3) is 4.03. The Kier molecular flexibility index (Phi) is 5.02. The monoisotopic (exact) mass is 340 g/mol. The Morgan fingerprint density at radius 2 is 1.72 bits per heavy atom. The van der Waals surface area contributed by atoms with Gasteiger partial charge in [-0.2, -0.15) is 0 Å². The fraction of sp³-hybridized carbons (Fsp3) is 0.429. The van der Waals surface area contributed by atoms with Gasteiger partial charge in [-0.15, -0.1) is 0 Å². The van der Waals surface area contributed by atoms with Crippen LogP contribution in [0.3, 0.4) is 0 Å². The molecule has 1 saturated heterocycles. The third-order valence-corrected chi connectivity index (χ3v) is 5.03. The molecule has 4 nitrogen and oxygen atoms in total. The Balaban J connectivity index is 1.27. The molecule has 4 atom stereocenters. The molecule has 1 aliphatic heterocycles. The topological polar surface area (TPSA) is 40.2 Å². The summed E-state index contributed by atoms with van der Waals surface area (Å²) in [5.41, 5.74) is 2.36. The van der Waals surface area contributed by atoms with E-state index in [4.69, 9.17) is 18.9 Å². The number of fused-ring (bicyclic) bond motifs is 1. The van der Waals surface area contributed by atoms with Crippen molar-refractivity contribution >= 4 is 0 Å². The van der Waals surface area contributed by atoms with Gasteiger partial charge >= 0.3 is 0 Å². The van der Waals surface area contributed by atoms with Crippen LogP contribution >= 0.6 is 0 Å². The van der Waals surface area contributed by atoms with Gasteiger partial charge in [0, 0.05) is 12.3 Å². The molecule has 1 saturated carbocycles. The summed E-state index contributed by atoms with van der Waals surface area (Å²) < 4.78 is 23.0. The summed E-state index contributed by atoms with van der Waals surface area (Å²) in [5.74, 6) is 1.19. The largest absolute Gasteiger partial charge is 0.497 e. The molecule has 0 amide bonds. The normalized spacial score (nSPS) is 27.1.